The third-order valence-corrected chi connectivity index (χ3v) is 4.59. The predicted octanol–water partition coefficient (Wildman–Crippen LogP) is 2.14. The summed E-state index contributed by atoms with van der Waals surface area (Å²) in [5, 5.41) is 16.0. The third-order valence-electron chi connectivity index (χ3n) is 4.59. The SMILES string of the molecule is Cc1[nH]c(=O)c(C#N)c(C)c1CCC(=O)O[C@H](C)C(=O)Nc1ccnn1C(C)C. The van der Waals surface area contributed by atoms with E-state index < -0.39 is 23.5 Å². The molecule has 0 aliphatic heterocycles. The summed E-state index contributed by atoms with van der Waals surface area (Å²) in [5.74, 6) is -0.478. The normalized spacial score (nSPS) is 11.8. The van der Waals surface area contributed by atoms with Crippen molar-refractivity contribution in [1.82, 2.24) is 14.8 Å². The molecule has 0 saturated heterocycles. The first kappa shape index (κ1) is 21.9. The van der Waals surface area contributed by atoms with E-state index in [1.807, 2.05) is 19.9 Å². The van der Waals surface area contributed by atoms with Crippen molar-refractivity contribution in [2.24, 2.45) is 0 Å². The molecule has 1 amide bonds. The van der Waals surface area contributed by atoms with Crippen LogP contribution in [0.15, 0.2) is 17.1 Å². The highest BCUT2D eigenvalue weighted by molar-refractivity contribution is 5.94. The third kappa shape index (κ3) is 5.10. The second kappa shape index (κ2) is 9.19. The Bertz CT molecular complexity index is 1010. The summed E-state index contributed by atoms with van der Waals surface area (Å²) < 4.78 is 6.88. The Morgan fingerprint density at radius 1 is 1.34 bits per heavy atom. The van der Waals surface area contributed by atoms with Gasteiger partial charge in [0.2, 0.25) is 0 Å². The number of aromatic amines is 1. The zero-order valence-electron chi connectivity index (χ0n) is 17.2. The molecule has 0 aliphatic rings. The van der Waals surface area contributed by atoms with Gasteiger partial charge in [0.05, 0.1) is 6.20 Å². The van der Waals surface area contributed by atoms with Gasteiger partial charge >= 0.3 is 5.97 Å². The van der Waals surface area contributed by atoms with Crippen LogP contribution in [0.1, 0.15) is 55.6 Å². The monoisotopic (exact) mass is 399 g/mol. The lowest BCUT2D eigenvalue weighted by atomic mass is 9.99. The average molecular weight is 399 g/mol. The minimum absolute atomic E-state index is 0.0140. The summed E-state index contributed by atoms with van der Waals surface area (Å²) in [6.45, 7) is 8.75. The number of nitrogens with one attached hydrogen (secondary N) is 2. The molecule has 2 N–H and O–H groups in total. The van der Waals surface area contributed by atoms with Crippen molar-refractivity contribution in [1.29, 1.82) is 5.26 Å². The van der Waals surface area contributed by atoms with E-state index in [-0.39, 0.29) is 24.4 Å². The number of nitrogens with zero attached hydrogens (tertiary/aromatic N) is 3. The van der Waals surface area contributed by atoms with Gasteiger partial charge in [0.15, 0.2) is 6.10 Å². The van der Waals surface area contributed by atoms with E-state index in [1.165, 1.54) is 6.92 Å². The molecule has 0 saturated carbocycles. The second-order valence-electron chi connectivity index (χ2n) is 7.05. The van der Waals surface area contributed by atoms with Crippen molar-refractivity contribution in [3.05, 3.63) is 45.0 Å². The minimum atomic E-state index is -0.981. The molecule has 0 spiro atoms. The number of pyridine rings is 1. The lowest BCUT2D eigenvalue weighted by Gasteiger charge is -2.16. The summed E-state index contributed by atoms with van der Waals surface area (Å²) in [6.07, 6.45) is 0.901. The Hall–Kier alpha value is -3.41. The Morgan fingerprint density at radius 3 is 2.66 bits per heavy atom. The van der Waals surface area contributed by atoms with Gasteiger partial charge in [-0.15, -0.1) is 0 Å². The minimum Gasteiger partial charge on any atom is -0.453 e. The number of anilines is 1. The molecule has 1 atom stereocenters. The van der Waals surface area contributed by atoms with Crippen LogP contribution in [0.4, 0.5) is 5.82 Å². The molecule has 0 fully saturated rings. The molecule has 2 rings (SSSR count). The topological polar surface area (TPSA) is 130 Å². The molecular weight excluding hydrogens is 374 g/mol. The Balaban J connectivity index is 1.97. The smallest absolute Gasteiger partial charge is 0.306 e. The molecule has 9 nitrogen and oxygen atoms in total. The van der Waals surface area contributed by atoms with Crippen molar-refractivity contribution in [3.63, 3.8) is 0 Å². The van der Waals surface area contributed by atoms with Crippen molar-refractivity contribution in [2.45, 2.75) is 59.6 Å². The lowest BCUT2D eigenvalue weighted by molar-refractivity contribution is -0.153. The molecule has 0 unspecified atom stereocenters. The number of nitriles is 1. The highest BCUT2D eigenvalue weighted by Gasteiger charge is 2.20. The van der Waals surface area contributed by atoms with Crippen LogP contribution in [0.5, 0.6) is 0 Å². The zero-order valence-corrected chi connectivity index (χ0v) is 17.2. The van der Waals surface area contributed by atoms with E-state index in [2.05, 4.69) is 15.4 Å². The number of aromatic nitrogens is 3. The van der Waals surface area contributed by atoms with Crippen molar-refractivity contribution >= 4 is 17.7 Å². The maximum Gasteiger partial charge on any atom is 0.306 e. The van der Waals surface area contributed by atoms with E-state index >= 15 is 0 Å². The summed E-state index contributed by atoms with van der Waals surface area (Å²) >= 11 is 0. The number of amides is 1. The molecule has 154 valence electrons. The van der Waals surface area contributed by atoms with Crippen molar-refractivity contribution in [2.75, 3.05) is 5.32 Å². The fourth-order valence-corrected chi connectivity index (χ4v) is 3.01. The highest BCUT2D eigenvalue weighted by atomic mass is 16.5. The molecule has 2 heterocycles. The van der Waals surface area contributed by atoms with Crippen LogP contribution in [-0.4, -0.2) is 32.7 Å². The molecule has 2 aromatic heterocycles. The van der Waals surface area contributed by atoms with Gasteiger partial charge in [-0.25, -0.2) is 4.68 Å². The van der Waals surface area contributed by atoms with Gasteiger partial charge in [0, 0.05) is 24.2 Å². The lowest BCUT2D eigenvalue weighted by Crippen LogP contribution is -2.31. The molecule has 0 bridgehead atoms. The molecule has 0 aliphatic carbocycles. The first-order valence-electron chi connectivity index (χ1n) is 9.32. The first-order chi connectivity index (χ1) is 13.6. The Kier molecular flexibility index (Phi) is 6.93. The van der Waals surface area contributed by atoms with E-state index in [9.17, 15) is 14.4 Å². The van der Waals surface area contributed by atoms with Gasteiger partial charge in [0.25, 0.3) is 11.5 Å². The molecule has 9 heteroatoms. The van der Waals surface area contributed by atoms with Crippen LogP contribution >= 0.6 is 0 Å². The largest absolute Gasteiger partial charge is 0.453 e. The molecule has 2 aromatic rings. The zero-order chi connectivity index (χ0) is 21.7. The van der Waals surface area contributed by atoms with Crippen LogP contribution in [-0.2, 0) is 20.7 Å². The summed E-state index contributed by atoms with van der Waals surface area (Å²) in [4.78, 5) is 38.9. The number of carbonyl (C=O) groups is 2. The van der Waals surface area contributed by atoms with Crippen molar-refractivity contribution < 1.29 is 14.3 Å². The highest BCUT2D eigenvalue weighted by Crippen LogP contribution is 2.16. The number of aryl methyl sites for hydroxylation is 1. The van der Waals surface area contributed by atoms with Gasteiger partial charge in [-0.3, -0.25) is 14.4 Å². The number of rotatable bonds is 7. The average Bonchev–Trinajstić information content (AvgIpc) is 3.09. The number of H-pyrrole nitrogens is 1. The summed E-state index contributed by atoms with van der Waals surface area (Å²) in [7, 11) is 0. The van der Waals surface area contributed by atoms with Crippen LogP contribution in [0.25, 0.3) is 0 Å². The maximum absolute atomic E-state index is 12.3. The molecule has 0 radical (unpaired) electrons. The Labute approximate surface area is 168 Å². The quantitative estimate of drug-likeness (QED) is 0.686. The fourth-order valence-electron chi connectivity index (χ4n) is 3.01. The van der Waals surface area contributed by atoms with Gasteiger partial charge in [-0.1, -0.05) is 0 Å². The molecule has 29 heavy (non-hydrogen) atoms. The van der Waals surface area contributed by atoms with Gasteiger partial charge in [-0.05, 0) is 52.2 Å². The van der Waals surface area contributed by atoms with Crippen molar-refractivity contribution in [3.8, 4) is 6.07 Å². The van der Waals surface area contributed by atoms with Crippen LogP contribution in [0.3, 0.4) is 0 Å². The van der Waals surface area contributed by atoms with Gasteiger partial charge < -0.3 is 15.0 Å². The standard InChI is InChI=1S/C20H25N5O4/c1-11(2)25-17(8-9-22-25)24-19(27)14(5)29-18(26)7-6-15-12(3)16(10-21)20(28)23-13(15)4/h8-9,11,14H,6-7H2,1-5H3,(H,23,28)(H,24,27)/t14-/m1/s1. The summed E-state index contributed by atoms with van der Waals surface area (Å²) in [5.41, 5.74) is 1.46. The maximum atomic E-state index is 12.3. The van der Waals surface area contributed by atoms with E-state index in [4.69, 9.17) is 10.00 Å². The molecule has 0 aromatic carbocycles. The van der Waals surface area contributed by atoms with Crippen LogP contribution < -0.4 is 10.9 Å². The van der Waals surface area contributed by atoms with Crippen LogP contribution in [0.2, 0.25) is 0 Å². The van der Waals surface area contributed by atoms with Gasteiger partial charge in [-0.2, -0.15) is 10.4 Å². The predicted molar refractivity (Wildman–Crippen MR) is 106 cm³/mol. The van der Waals surface area contributed by atoms with Crippen LogP contribution in [0, 0.1) is 25.2 Å². The number of esters is 1. The van der Waals surface area contributed by atoms with E-state index in [0.29, 0.717) is 17.1 Å². The molecular formula is C20H25N5O4. The van der Waals surface area contributed by atoms with E-state index in [0.717, 1.165) is 5.56 Å². The summed E-state index contributed by atoms with van der Waals surface area (Å²) in [6, 6.07) is 3.62. The Morgan fingerprint density at radius 2 is 2.03 bits per heavy atom. The second-order valence-corrected chi connectivity index (χ2v) is 7.05. The number of hydrogen-bond donors (Lipinski definition) is 2. The number of carbonyl (C=O) groups excluding carboxylic acids is 2. The van der Waals surface area contributed by atoms with Gasteiger partial charge in [0.1, 0.15) is 17.5 Å². The fraction of sp³-hybridized carbons (Fsp3) is 0.450. The number of ether oxygens (including phenoxy) is 1. The van der Waals surface area contributed by atoms with E-state index in [1.54, 1.807) is 30.8 Å². The number of hydrogen-bond acceptors (Lipinski definition) is 6. The first-order valence-corrected chi connectivity index (χ1v) is 9.32.